The van der Waals surface area contributed by atoms with Crippen LogP contribution in [0.3, 0.4) is 0 Å². The van der Waals surface area contributed by atoms with E-state index in [1.54, 1.807) is 39.0 Å². The lowest BCUT2D eigenvalue weighted by Gasteiger charge is -2.33. The average molecular weight is 590 g/mol. The Morgan fingerprint density at radius 2 is 1.60 bits per heavy atom. The lowest BCUT2D eigenvalue weighted by atomic mass is 9.72. The first-order chi connectivity index (χ1) is 20.0. The smallest absolute Gasteiger partial charge is 0.407 e. The molecule has 10 nitrogen and oxygen atoms in total. The van der Waals surface area contributed by atoms with E-state index in [1.807, 2.05) is 19.1 Å². The van der Waals surface area contributed by atoms with Crippen molar-refractivity contribution in [2.45, 2.75) is 85.2 Å². The maximum Gasteiger partial charge on any atom is 0.407 e. The second-order valence-electron chi connectivity index (χ2n) is 11.5. The maximum absolute atomic E-state index is 12.9. The van der Waals surface area contributed by atoms with Gasteiger partial charge in [-0.25, -0.2) is 9.59 Å². The van der Waals surface area contributed by atoms with E-state index in [1.165, 1.54) is 19.6 Å². The van der Waals surface area contributed by atoms with Crippen LogP contribution in [0.2, 0.25) is 0 Å². The summed E-state index contributed by atoms with van der Waals surface area (Å²) < 4.78 is 26.6. The highest BCUT2D eigenvalue weighted by Crippen LogP contribution is 2.38. The molecule has 1 atom stereocenters. The van der Waals surface area contributed by atoms with Gasteiger partial charge in [0.15, 0.2) is 0 Å². The van der Waals surface area contributed by atoms with Crippen molar-refractivity contribution in [3.8, 4) is 5.75 Å². The molecule has 42 heavy (non-hydrogen) atoms. The Labute approximate surface area is 249 Å². The SMILES string of the molecule is CCC(C)(CC(C)(C)C(=O)OCCCOc1ccc(/C=C/C(=O)OC)cc1)C(=O)OCCNC(=O)OC1CCCCC1. The molecule has 1 unspecified atom stereocenters. The molecule has 0 aromatic heterocycles. The molecule has 1 amide bonds. The zero-order chi connectivity index (χ0) is 31.0. The third-order valence-corrected chi connectivity index (χ3v) is 7.37. The van der Waals surface area contributed by atoms with E-state index < -0.39 is 34.8 Å². The van der Waals surface area contributed by atoms with Crippen LogP contribution < -0.4 is 10.1 Å². The lowest BCUT2D eigenvalue weighted by Crippen LogP contribution is -2.39. The van der Waals surface area contributed by atoms with E-state index in [4.69, 9.17) is 18.9 Å². The number of esters is 3. The van der Waals surface area contributed by atoms with Gasteiger partial charge in [0, 0.05) is 12.5 Å². The van der Waals surface area contributed by atoms with E-state index in [2.05, 4.69) is 10.1 Å². The van der Waals surface area contributed by atoms with Crippen molar-refractivity contribution in [2.24, 2.45) is 10.8 Å². The Kier molecular flexibility index (Phi) is 14.4. The van der Waals surface area contributed by atoms with Gasteiger partial charge in [0.1, 0.15) is 18.5 Å². The Morgan fingerprint density at radius 3 is 2.24 bits per heavy atom. The monoisotopic (exact) mass is 589 g/mol. The molecule has 0 heterocycles. The van der Waals surface area contributed by atoms with Gasteiger partial charge in [0.05, 0.1) is 37.7 Å². The molecule has 234 valence electrons. The van der Waals surface area contributed by atoms with Gasteiger partial charge in [-0.15, -0.1) is 0 Å². The summed E-state index contributed by atoms with van der Waals surface area (Å²) in [7, 11) is 1.32. The Balaban J connectivity index is 1.69. The quantitative estimate of drug-likeness (QED) is 0.113. The van der Waals surface area contributed by atoms with Crippen LogP contribution in [-0.2, 0) is 33.3 Å². The second-order valence-corrected chi connectivity index (χ2v) is 11.5. The molecule has 1 N–H and O–H groups in total. The molecule has 1 aliphatic carbocycles. The number of rotatable bonds is 16. The molecule has 0 bridgehead atoms. The molecule has 1 saturated carbocycles. The molecular weight excluding hydrogens is 542 g/mol. The number of benzene rings is 1. The van der Waals surface area contributed by atoms with Crippen LogP contribution in [0.25, 0.3) is 6.08 Å². The first-order valence-electron chi connectivity index (χ1n) is 14.8. The average Bonchev–Trinajstić information content (AvgIpc) is 2.98. The summed E-state index contributed by atoms with van der Waals surface area (Å²) in [5.74, 6) is -0.590. The van der Waals surface area contributed by atoms with E-state index in [0.29, 0.717) is 25.2 Å². The number of carbonyl (C=O) groups excluding carboxylic acids is 4. The molecular formula is C32H47NO9. The number of methoxy groups -OCH3 is 1. The number of nitrogens with one attached hydrogen (secondary N) is 1. The lowest BCUT2D eigenvalue weighted by molar-refractivity contribution is -0.163. The van der Waals surface area contributed by atoms with Gasteiger partial charge in [-0.05, 0) is 83.1 Å². The molecule has 0 aliphatic heterocycles. The third kappa shape index (κ3) is 12.1. The molecule has 1 fully saturated rings. The van der Waals surface area contributed by atoms with Gasteiger partial charge in [-0.3, -0.25) is 9.59 Å². The summed E-state index contributed by atoms with van der Waals surface area (Å²) >= 11 is 0. The van der Waals surface area contributed by atoms with Crippen LogP contribution in [0.15, 0.2) is 30.3 Å². The highest BCUT2D eigenvalue weighted by molar-refractivity contribution is 5.86. The van der Waals surface area contributed by atoms with Gasteiger partial charge in [-0.1, -0.05) is 25.5 Å². The van der Waals surface area contributed by atoms with Crippen LogP contribution in [0.1, 0.15) is 84.6 Å². The summed E-state index contributed by atoms with van der Waals surface area (Å²) in [6.45, 7) is 7.87. The van der Waals surface area contributed by atoms with Crippen molar-refractivity contribution < 1.29 is 42.9 Å². The van der Waals surface area contributed by atoms with E-state index in [9.17, 15) is 19.2 Å². The molecule has 0 saturated heterocycles. The molecule has 0 radical (unpaired) electrons. The van der Waals surface area contributed by atoms with Crippen molar-refractivity contribution in [2.75, 3.05) is 33.5 Å². The van der Waals surface area contributed by atoms with Gasteiger partial charge in [0.25, 0.3) is 0 Å². The van der Waals surface area contributed by atoms with Gasteiger partial charge < -0.3 is 29.0 Å². The third-order valence-electron chi connectivity index (χ3n) is 7.37. The van der Waals surface area contributed by atoms with E-state index >= 15 is 0 Å². The Morgan fingerprint density at radius 1 is 0.929 bits per heavy atom. The number of hydrogen-bond donors (Lipinski definition) is 1. The van der Waals surface area contributed by atoms with Crippen LogP contribution >= 0.6 is 0 Å². The highest BCUT2D eigenvalue weighted by Gasteiger charge is 2.42. The molecule has 1 aromatic rings. The fraction of sp³-hybridized carbons (Fsp3) is 0.625. The van der Waals surface area contributed by atoms with Crippen molar-refractivity contribution in [3.05, 3.63) is 35.9 Å². The summed E-state index contributed by atoms with van der Waals surface area (Å²) in [6, 6.07) is 7.21. The number of ether oxygens (including phenoxy) is 5. The Bertz CT molecular complexity index is 1040. The fourth-order valence-electron chi connectivity index (χ4n) is 4.75. The highest BCUT2D eigenvalue weighted by atomic mass is 16.6. The zero-order valence-corrected chi connectivity index (χ0v) is 25.7. The normalized spacial score (nSPS) is 15.4. The predicted molar refractivity (Wildman–Crippen MR) is 158 cm³/mol. The van der Waals surface area contributed by atoms with Crippen LogP contribution in [0.5, 0.6) is 5.75 Å². The standard InChI is InChI=1S/C32H47NO9/c1-6-32(4,29(36)41-22-19-33-30(37)42-26-11-8-7-9-12-26)23-31(2,3)28(35)40-21-10-20-39-25-16-13-24(14-17-25)15-18-27(34)38-5/h13-18,26H,6-12,19-23H2,1-5H3,(H,33,37)/b18-15+. The largest absolute Gasteiger partial charge is 0.493 e. The zero-order valence-electron chi connectivity index (χ0n) is 25.7. The van der Waals surface area contributed by atoms with Gasteiger partial charge in [0.2, 0.25) is 0 Å². The number of alkyl carbamates (subject to hydrolysis) is 1. The molecule has 1 aromatic carbocycles. The number of carbonyl (C=O) groups is 4. The fourth-order valence-corrected chi connectivity index (χ4v) is 4.75. The first-order valence-corrected chi connectivity index (χ1v) is 14.8. The predicted octanol–water partition coefficient (Wildman–Crippen LogP) is 5.62. The van der Waals surface area contributed by atoms with Crippen LogP contribution in [-0.4, -0.2) is 63.6 Å². The molecule has 0 spiro atoms. The molecule has 1 aliphatic rings. The van der Waals surface area contributed by atoms with Crippen LogP contribution in [0, 0.1) is 10.8 Å². The van der Waals surface area contributed by atoms with Crippen molar-refractivity contribution in [1.82, 2.24) is 5.32 Å². The van der Waals surface area contributed by atoms with Crippen LogP contribution in [0.4, 0.5) is 4.79 Å². The minimum absolute atomic E-state index is 0.0198. The number of amides is 1. The minimum atomic E-state index is -0.916. The topological polar surface area (TPSA) is 126 Å². The van der Waals surface area contributed by atoms with Crippen molar-refractivity contribution in [3.63, 3.8) is 0 Å². The maximum atomic E-state index is 12.9. The summed E-state index contributed by atoms with van der Waals surface area (Å²) in [4.78, 5) is 49.0. The summed E-state index contributed by atoms with van der Waals surface area (Å²) in [5, 5.41) is 2.64. The van der Waals surface area contributed by atoms with Gasteiger partial charge >= 0.3 is 24.0 Å². The molecule has 10 heteroatoms. The molecule has 2 rings (SSSR count). The van der Waals surface area contributed by atoms with Crippen molar-refractivity contribution in [1.29, 1.82) is 0 Å². The van der Waals surface area contributed by atoms with Gasteiger partial charge in [-0.2, -0.15) is 0 Å². The Hall–Kier alpha value is -3.56. The van der Waals surface area contributed by atoms with E-state index in [0.717, 1.165) is 31.2 Å². The summed E-state index contributed by atoms with van der Waals surface area (Å²) in [5.41, 5.74) is -0.981. The minimum Gasteiger partial charge on any atom is -0.493 e. The first kappa shape index (κ1) is 34.6. The second kappa shape index (κ2) is 17.4. The van der Waals surface area contributed by atoms with E-state index in [-0.39, 0.29) is 32.3 Å². The number of hydrogen-bond acceptors (Lipinski definition) is 9. The van der Waals surface area contributed by atoms with Crippen molar-refractivity contribution >= 4 is 30.1 Å². The summed E-state index contributed by atoms with van der Waals surface area (Å²) in [6.07, 6.45) is 8.76.